The van der Waals surface area contributed by atoms with E-state index in [1.165, 1.54) is 6.42 Å². The van der Waals surface area contributed by atoms with Crippen LogP contribution in [-0.4, -0.2) is 29.6 Å². The van der Waals surface area contributed by atoms with Gasteiger partial charge < -0.3 is 5.73 Å². The highest BCUT2D eigenvalue weighted by Crippen LogP contribution is 2.24. The fraction of sp³-hybridized carbons (Fsp3) is 1.00. The molecular formula is C9H20N2. The molecule has 2 heteroatoms. The van der Waals surface area contributed by atoms with Crippen molar-refractivity contribution in [1.29, 1.82) is 0 Å². The van der Waals surface area contributed by atoms with Crippen LogP contribution in [-0.2, 0) is 0 Å². The van der Waals surface area contributed by atoms with Gasteiger partial charge in [0, 0.05) is 24.7 Å². The third-order valence-corrected chi connectivity index (χ3v) is 2.95. The molecule has 1 aliphatic rings. The molecule has 1 heterocycles. The fourth-order valence-corrected chi connectivity index (χ4v) is 1.56. The van der Waals surface area contributed by atoms with Crippen LogP contribution in [0.4, 0.5) is 0 Å². The zero-order valence-electron chi connectivity index (χ0n) is 7.93. The quantitative estimate of drug-likeness (QED) is 0.665. The summed E-state index contributed by atoms with van der Waals surface area (Å²) < 4.78 is 0. The summed E-state index contributed by atoms with van der Waals surface area (Å²) in [7, 11) is 0. The smallest absolute Gasteiger partial charge is 0.0410 e. The Balaban J connectivity index is 2.28. The predicted octanol–water partition coefficient (Wildman–Crippen LogP) is 1.21. The molecule has 0 saturated carbocycles. The Morgan fingerprint density at radius 3 is 2.36 bits per heavy atom. The zero-order chi connectivity index (χ0) is 8.48. The van der Waals surface area contributed by atoms with Crippen molar-refractivity contribution in [1.82, 2.24) is 4.90 Å². The van der Waals surface area contributed by atoms with E-state index >= 15 is 0 Å². The van der Waals surface area contributed by atoms with E-state index in [0.29, 0.717) is 0 Å². The van der Waals surface area contributed by atoms with Crippen LogP contribution in [0.2, 0.25) is 0 Å². The summed E-state index contributed by atoms with van der Waals surface area (Å²) in [5.74, 6) is 0. The first-order valence-electron chi connectivity index (χ1n) is 4.64. The van der Waals surface area contributed by atoms with E-state index in [9.17, 15) is 0 Å². The molecule has 0 aliphatic carbocycles. The van der Waals surface area contributed by atoms with Crippen molar-refractivity contribution in [2.24, 2.45) is 5.73 Å². The number of hydrogen-bond acceptors (Lipinski definition) is 2. The predicted molar refractivity (Wildman–Crippen MR) is 48.5 cm³/mol. The molecule has 0 aromatic carbocycles. The first kappa shape index (κ1) is 9.01. The summed E-state index contributed by atoms with van der Waals surface area (Å²) in [5, 5.41) is 0. The molecule has 2 nitrogen and oxygen atoms in total. The maximum atomic E-state index is 6.04. The highest BCUT2D eigenvalue weighted by Gasteiger charge is 2.39. The Labute approximate surface area is 69.8 Å². The van der Waals surface area contributed by atoms with Crippen LogP contribution in [0.5, 0.6) is 0 Å². The summed E-state index contributed by atoms with van der Waals surface area (Å²) in [4.78, 5) is 2.46. The van der Waals surface area contributed by atoms with Gasteiger partial charge in [0.15, 0.2) is 0 Å². The number of hydrogen-bond donors (Lipinski definition) is 1. The highest BCUT2D eigenvalue weighted by atomic mass is 15.3. The van der Waals surface area contributed by atoms with Gasteiger partial charge in [0.2, 0.25) is 0 Å². The number of nitrogens with zero attached hydrogens (tertiary/aromatic N) is 1. The van der Waals surface area contributed by atoms with Crippen LogP contribution < -0.4 is 5.73 Å². The molecule has 66 valence electrons. The molecule has 0 bridgehead atoms. The van der Waals surface area contributed by atoms with Gasteiger partial charge >= 0.3 is 0 Å². The maximum Gasteiger partial charge on any atom is 0.0410 e. The van der Waals surface area contributed by atoms with Crippen LogP contribution in [0.25, 0.3) is 0 Å². The molecule has 1 fully saturated rings. The lowest BCUT2D eigenvalue weighted by molar-refractivity contribution is 0.0320. The molecular weight excluding hydrogens is 136 g/mol. The first-order chi connectivity index (χ1) is 5.11. The number of likely N-dealkylation sites (tertiary alicyclic amines) is 1. The molecule has 11 heavy (non-hydrogen) atoms. The molecule has 0 amide bonds. The molecule has 1 unspecified atom stereocenters. The van der Waals surface area contributed by atoms with Crippen LogP contribution in [0, 0.1) is 0 Å². The minimum atomic E-state index is 0.142. The Morgan fingerprint density at radius 1 is 1.45 bits per heavy atom. The molecule has 1 saturated heterocycles. The molecule has 0 spiro atoms. The van der Waals surface area contributed by atoms with Crippen molar-refractivity contribution in [3.8, 4) is 0 Å². The standard InChI is InChI=1S/C9H20N2/c1-4-8(3)11-6-9(10,5-2)7-11/h8H,4-7,10H2,1-3H3. The summed E-state index contributed by atoms with van der Waals surface area (Å²) in [6.45, 7) is 8.87. The van der Waals surface area contributed by atoms with Crippen molar-refractivity contribution in [2.45, 2.75) is 45.2 Å². The lowest BCUT2D eigenvalue weighted by Crippen LogP contribution is -2.68. The van der Waals surface area contributed by atoms with Gasteiger partial charge in [-0.15, -0.1) is 0 Å². The molecule has 1 aliphatic heterocycles. The summed E-state index contributed by atoms with van der Waals surface area (Å²) in [5.41, 5.74) is 6.19. The minimum Gasteiger partial charge on any atom is -0.323 e. The van der Waals surface area contributed by atoms with Crippen molar-refractivity contribution < 1.29 is 0 Å². The maximum absolute atomic E-state index is 6.04. The molecule has 1 atom stereocenters. The molecule has 2 N–H and O–H groups in total. The van der Waals surface area contributed by atoms with Gasteiger partial charge in [-0.2, -0.15) is 0 Å². The average molecular weight is 156 g/mol. The second-order valence-corrected chi connectivity index (χ2v) is 3.88. The van der Waals surface area contributed by atoms with E-state index in [1.54, 1.807) is 0 Å². The molecule has 0 aromatic heterocycles. The van der Waals surface area contributed by atoms with Crippen LogP contribution >= 0.6 is 0 Å². The summed E-state index contributed by atoms with van der Waals surface area (Å²) >= 11 is 0. The van der Waals surface area contributed by atoms with E-state index in [1.807, 2.05) is 0 Å². The van der Waals surface area contributed by atoms with Gasteiger partial charge in [-0.3, -0.25) is 4.90 Å². The van der Waals surface area contributed by atoms with Crippen LogP contribution in [0.1, 0.15) is 33.6 Å². The van der Waals surface area contributed by atoms with Gasteiger partial charge in [-0.1, -0.05) is 13.8 Å². The minimum absolute atomic E-state index is 0.142. The van der Waals surface area contributed by atoms with Crippen molar-refractivity contribution in [3.05, 3.63) is 0 Å². The Kier molecular flexibility index (Phi) is 2.55. The van der Waals surface area contributed by atoms with Crippen molar-refractivity contribution >= 4 is 0 Å². The van der Waals surface area contributed by atoms with Gasteiger partial charge in [0.05, 0.1) is 0 Å². The topological polar surface area (TPSA) is 29.3 Å². The van der Waals surface area contributed by atoms with E-state index in [-0.39, 0.29) is 5.54 Å². The first-order valence-corrected chi connectivity index (χ1v) is 4.64. The second kappa shape index (κ2) is 3.11. The second-order valence-electron chi connectivity index (χ2n) is 3.88. The number of rotatable bonds is 3. The van der Waals surface area contributed by atoms with Gasteiger partial charge in [0.1, 0.15) is 0 Å². The fourth-order valence-electron chi connectivity index (χ4n) is 1.56. The van der Waals surface area contributed by atoms with Crippen LogP contribution in [0.3, 0.4) is 0 Å². The van der Waals surface area contributed by atoms with Gasteiger partial charge in [0.25, 0.3) is 0 Å². The Morgan fingerprint density at radius 2 is 2.00 bits per heavy atom. The highest BCUT2D eigenvalue weighted by molar-refractivity contribution is 5.00. The zero-order valence-corrected chi connectivity index (χ0v) is 7.93. The average Bonchev–Trinajstić information content (AvgIpc) is 1.97. The van der Waals surface area contributed by atoms with Gasteiger partial charge in [-0.25, -0.2) is 0 Å². The third kappa shape index (κ3) is 1.74. The van der Waals surface area contributed by atoms with E-state index in [4.69, 9.17) is 5.73 Å². The monoisotopic (exact) mass is 156 g/mol. The van der Waals surface area contributed by atoms with E-state index < -0.39 is 0 Å². The van der Waals surface area contributed by atoms with Crippen molar-refractivity contribution in [3.63, 3.8) is 0 Å². The largest absolute Gasteiger partial charge is 0.323 e. The van der Waals surface area contributed by atoms with Crippen molar-refractivity contribution in [2.75, 3.05) is 13.1 Å². The number of nitrogens with two attached hydrogens (primary N) is 1. The molecule has 0 aromatic rings. The van der Waals surface area contributed by atoms with E-state index in [2.05, 4.69) is 25.7 Å². The summed E-state index contributed by atoms with van der Waals surface area (Å²) in [6, 6.07) is 0.721. The normalized spacial score (nSPS) is 26.2. The Hall–Kier alpha value is -0.0800. The lowest BCUT2D eigenvalue weighted by Gasteiger charge is -2.50. The lowest BCUT2D eigenvalue weighted by atomic mass is 9.87. The van der Waals surface area contributed by atoms with E-state index in [0.717, 1.165) is 25.6 Å². The summed E-state index contributed by atoms with van der Waals surface area (Å²) in [6.07, 6.45) is 2.35. The Bertz CT molecular complexity index is 128. The molecule has 1 rings (SSSR count). The third-order valence-electron chi connectivity index (χ3n) is 2.95. The molecule has 0 radical (unpaired) electrons. The SMILES string of the molecule is CCC(C)N1CC(N)(CC)C1. The van der Waals surface area contributed by atoms with Crippen LogP contribution in [0.15, 0.2) is 0 Å². The van der Waals surface area contributed by atoms with Gasteiger partial charge in [-0.05, 0) is 19.8 Å².